The lowest BCUT2D eigenvalue weighted by Gasteiger charge is -2.20. The van der Waals surface area contributed by atoms with Crippen LogP contribution in [0.1, 0.15) is 5.56 Å². The van der Waals surface area contributed by atoms with E-state index in [2.05, 4.69) is 0 Å². The van der Waals surface area contributed by atoms with Gasteiger partial charge in [0.1, 0.15) is 5.75 Å². The third kappa shape index (κ3) is 3.11. The molecule has 0 fully saturated rings. The minimum absolute atomic E-state index is 0.179. The number of methoxy groups -OCH3 is 1. The van der Waals surface area contributed by atoms with Crippen LogP contribution in [0.3, 0.4) is 0 Å². The summed E-state index contributed by atoms with van der Waals surface area (Å²) in [6, 6.07) is 11.6. The maximum Gasteiger partial charge on any atom is 0.264 e. The van der Waals surface area contributed by atoms with Gasteiger partial charge >= 0.3 is 0 Å². The Hall–Kier alpha value is -2.21. The Bertz CT molecular complexity index is 720. The molecule has 2 N–H and O–H groups in total. The number of aryl methyl sites for hydroxylation is 1. The Morgan fingerprint density at radius 3 is 2.24 bits per heavy atom. The SMILES string of the molecule is COc1ccc(N(C)S(=O)(=O)c2cc(C)cc(N)c2)cc1. The van der Waals surface area contributed by atoms with Crippen molar-refractivity contribution in [2.45, 2.75) is 11.8 Å². The number of anilines is 2. The first-order chi connectivity index (χ1) is 9.84. The Morgan fingerprint density at radius 2 is 1.71 bits per heavy atom. The monoisotopic (exact) mass is 306 g/mol. The van der Waals surface area contributed by atoms with E-state index in [1.165, 1.54) is 17.4 Å². The molecule has 0 saturated carbocycles. The second-order valence-electron chi connectivity index (χ2n) is 4.75. The summed E-state index contributed by atoms with van der Waals surface area (Å²) in [5.74, 6) is 0.671. The standard InChI is InChI=1S/C15H18N2O3S/c1-11-8-12(16)10-15(9-11)21(18,19)17(2)13-4-6-14(20-3)7-5-13/h4-10H,16H2,1-3H3. The molecule has 0 heterocycles. The third-order valence-corrected chi connectivity index (χ3v) is 4.93. The molecule has 0 atom stereocenters. The van der Waals surface area contributed by atoms with Crippen LogP contribution in [0.4, 0.5) is 11.4 Å². The van der Waals surface area contributed by atoms with Crippen LogP contribution in [0.5, 0.6) is 5.75 Å². The lowest BCUT2D eigenvalue weighted by Crippen LogP contribution is -2.26. The smallest absolute Gasteiger partial charge is 0.264 e. The quantitative estimate of drug-likeness (QED) is 0.880. The van der Waals surface area contributed by atoms with E-state index < -0.39 is 10.0 Å². The first-order valence-corrected chi connectivity index (χ1v) is 7.79. The fraction of sp³-hybridized carbons (Fsp3) is 0.200. The molecule has 5 nitrogen and oxygen atoms in total. The lowest BCUT2D eigenvalue weighted by molar-refractivity contribution is 0.415. The molecule has 2 rings (SSSR count). The van der Waals surface area contributed by atoms with Gasteiger partial charge in [-0.2, -0.15) is 0 Å². The van der Waals surface area contributed by atoms with Crippen LogP contribution in [0, 0.1) is 6.92 Å². The largest absolute Gasteiger partial charge is 0.497 e. The van der Waals surface area contributed by atoms with Crippen molar-refractivity contribution < 1.29 is 13.2 Å². The highest BCUT2D eigenvalue weighted by molar-refractivity contribution is 7.92. The minimum atomic E-state index is -3.64. The van der Waals surface area contributed by atoms with Crippen LogP contribution in [-0.2, 0) is 10.0 Å². The van der Waals surface area contributed by atoms with Crippen LogP contribution >= 0.6 is 0 Å². The lowest BCUT2D eigenvalue weighted by atomic mass is 10.2. The number of ether oxygens (including phenoxy) is 1. The molecule has 112 valence electrons. The van der Waals surface area contributed by atoms with Gasteiger partial charge in [0.05, 0.1) is 17.7 Å². The topological polar surface area (TPSA) is 72.6 Å². The van der Waals surface area contributed by atoms with Gasteiger partial charge in [-0.3, -0.25) is 4.31 Å². The molecule has 0 aliphatic carbocycles. The first-order valence-electron chi connectivity index (χ1n) is 6.35. The van der Waals surface area contributed by atoms with Crippen molar-refractivity contribution >= 4 is 21.4 Å². The summed E-state index contributed by atoms with van der Waals surface area (Å²) in [4.78, 5) is 0.179. The van der Waals surface area contributed by atoms with Crippen LogP contribution in [0.15, 0.2) is 47.4 Å². The molecule has 0 amide bonds. The highest BCUT2D eigenvalue weighted by Gasteiger charge is 2.21. The van der Waals surface area contributed by atoms with Crippen molar-refractivity contribution in [1.29, 1.82) is 0 Å². The summed E-state index contributed by atoms with van der Waals surface area (Å²) in [5.41, 5.74) is 7.52. The average molecular weight is 306 g/mol. The van der Waals surface area contributed by atoms with Crippen LogP contribution in [-0.4, -0.2) is 22.6 Å². The summed E-state index contributed by atoms with van der Waals surface area (Å²) in [6.45, 7) is 1.81. The predicted octanol–water partition coefficient (Wildman–Crippen LogP) is 2.41. The van der Waals surface area contributed by atoms with Gasteiger partial charge in [-0.05, 0) is 55.0 Å². The molecule has 0 unspecified atom stereocenters. The van der Waals surface area contributed by atoms with E-state index in [1.54, 1.807) is 43.5 Å². The molecule has 0 aliphatic heterocycles. The predicted molar refractivity (Wildman–Crippen MR) is 84.2 cm³/mol. The number of hydrogen-bond donors (Lipinski definition) is 1. The van der Waals surface area contributed by atoms with E-state index in [1.807, 2.05) is 6.92 Å². The molecule has 0 saturated heterocycles. The van der Waals surface area contributed by atoms with E-state index in [-0.39, 0.29) is 4.90 Å². The third-order valence-electron chi connectivity index (χ3n) is 3.17. The molecule has 2 aromatic carbocycles. The number of nitrogen functional groups attached to an aromatic ring is 1. The van der Waals surface area contributed by atoms with Crippen molar-refractivity contribution in [2.75, 3.05) is 24.2 Å². The Kier molecular flexibility index (Phi) is 4.09. The molecule has 2 aromatic rings. The fourth-order valence-electron chi connectivity index (χ4n) is 2.01. The summed E-state index contributed by atoms with van der Waals surface area (Å²) < 4.78 is 31.6. The van der Waals surface area contributed by atoms with Crippen LogP contribution in [0.2, 0.25) is 0 Å². The molecule has 0 aliphatic rings. The Labute approximate surface area is 125 Å². The van der Waals surface area contributed by atoms with Gasteiger partial charge in [-0.25, -0.2) is 8.42 Å². The average Bonchev–Trinajstić information content (AvgIpc) is 2.45. The second-order valence-corrected chi connectivity index (χ2v) is 6.72. The molecule has 0 spiro atoms. The van der Waals surface area contributed by atoms with Gasteiger partial charge in [-0.1, -0.05) is 0 Å². The zero-order chi connectivity index (χ0) is 15.6. The van der Waals surface area contributed by atoms with Gasteiger partial charge in [0.25, 0.3) is 10.0 Å². The van der Waals surface area contributed by atoms with Gasteiger partial charge in [-0.15, -0.1) is 0 Å². The number of rotatable bonds is 4. The van der Waals surface area contributed by atoms with E-state index in [9.17, 15) is 8.42 Å². The van der Waals surface area contributed by atoms with Gasteiger partial charge in [0.15, 0.2) is 0 Å². The number of benzene rings is 2. The minimum Gasteiger partial charge on any atom is -0.497 e. The van der Waals surface area contributed by atoms with Crippen molar-refractivity contribution in [2.24, 2.45) is 0 Å². The molecule has 0 radical (unpaired) electrons. The number of nitrogens with zero attached hydrogens (tertiary/aromatic N) is 1. The van der Waals surface area contributed by atoms with Gasteiger partial charge in [0, 0.05) is 12.7 Å². The summed E-state index contributed by atoms with van der Waals surface area (Å²) in [7, 11) is -0.574. The molecule has 6 heteroatoms. The van der Waals surface area contributed by atoms with Gasteiger partial charge < -0.3 is 10.5 Å². The molecular weight excluding hydrogens is 288 g/mol. The van der Waals surface area contributed by atoms with Crippen LogP contribution in [0.25, 0.3) is 0 Å². The number of hydrogen-bond acceptors (Lipinski definition) is 4. The maximum atomic E-state index is 12.6. The number of sulfonamides is 1. The molecular formula is C15H18N2O3S. The highest BCUT2D eigenvalue weighted by atomic mass is 32.2. The zero-order valence-corrected chi connectivity index (χ0v) is 13.0. The fourth-order valence-corrected chi connectivity index (χ4v) is 3.35. The Balaban J connectivity index is 2.41. The number of nitrogens with two attached hydrogens (primary N) is 1. The maximum absolute atomic E-state index is 12.6. The van der Waals surface area contributed by atoms with E-state index in [4.69, 9.17) is 10.5 Å². The van der Waals surface area contributed by atoms with Crippen molar-refractivity contribution in [3.05, 3.63) is 48.0 Å². The summed E-state index contributed by atoms with van der Waals surface area (Å²) in [5, 5.41) is 0. The Morgan fingerprint density at radius 1 is 1.10 bits per heavy atom. The van der Waals surface area contributed by atoms with Crippen molar-refractivity contribution in [1.82, 2.24) is 0 Å². The molecule has 0 aromatic heterocycles. The summed E-state index contributed by atoms with van der Waals surface area (Å²) >= 11 is 0. The molecule has 21 heavy (non-hydrogen) atoms. The van der Waals surface area contributed by atoms with Crippen molar-refractivity contribution in [3.8, 4) is 5.75 Å². The van der Waals surface area contributed by atoms with E-state index in [0.717, 1.165) is 5.56 Å². The first kappa shape index (κ1) is 15.2. The van der Waals surface area contributed by atoms with Gasteiger partial charge in [0.2, 0.25) is 0 Å². The highest BCUT2D eigenvalue weighted by Crippen LogP contribution is 2.25. The van der Waals surface area contributed by atoms with E-state index in [0.29, 0.717) is 17.1 Å². The molecule has 0 bridgehead atoms. The van der Waals surface area contributed by atoms with E-state index >= 15 is 0 Å². The summed E-state index contributed by atoms with van der Waals surface area (Å²) in [6.07, 6.45) is 0. The van der Waals surface area contributed by atoms with Crippen molar-refractivity contribution in [3.63, 3.8) is 0 Å². The zero-order valence-electron chi connectivity index (χ0n) is 12.2. The normalized spacial score (nSPS) is 11.2. The van der Waals surface area contributed by atoms with Crippen LogP contribution < -0.4 is 14.8 Å². The second kappa shape index (κ2) is 5.65.